The number of sulfonamides is 1. The van der Waals surface area contributed by atoms with Crippen LogP contribution in [-0.4, -0.2) is 32.7 Å². The monoisotopic (exact) mass is 329 g/mol. The molecule has 2 N–H and O–H groups in total. The van der Waals surface area contributed by atoms with Crippen molar-refractivity contribution in [3.05, 3.63) is 36.5 Å². The molecule has 1 saturated heterocycles. The molecule has 6 nitrogen and oxygen atoms in total. The second kappa shape index (κ2) is 6.57. The van der Waals surface area contributed by atoms with Crippen molar-refractivity contribution in [3.8, 4) is 11.3 Å². The Bertz CT molecular complexity index is 682. The van der Waals surface area contributed by atoms with Crippen LogP contribution in [0.25, 0.3) is 11.3 Å². The SMILES string of the molecule is Cl.O=S(=O)(NC1CCNC1)c1ccccc1-c1ccno1. The van der Waals surface area contributed by atoms with Crippen molar-refractivity contribution >= 4 is 22.4 Å². The highest BCUT2D eigenvalue weighted by atomic mass is 35.5. The van der Waals surface area contributed by atoms with Crippen LogP contribution in [0, 0.1) is 0 Å². The third-order valence-corrected chi connectivity index (χ3v) is 4.84. The smallest absolute Gasteiger partial charge is 0.241 e. The lowest BCUT2D eigenvalue weighted by Gasteiger charge is -2.13. The molecular weight excluding hydrogens is 314 g/mol. The number of nitrogens with zero attached hydrogens (tertiary/aromatic N) is 1. The number of aromatic nitrogens is 1. The van der Waals surface area contributed by atoms with Crippen LogP contribution in [0.4, 0.5) is 0 Å². The topological polar surface area (TPSA) is 84.2 Å². The third-order valence-electron chi connectivity index (χ3n) is 3.26. The molecule has 1 atom stereocenters. The predicted molar refractivity (Wildman–Crippen MR) is 80.8 cm³/mol. The van der Waals surface area contributed by atoms with Crippen LogP contribution in [-0.2, 0) is 10.0 Å². The van der Waals surface area contributed by atoms with Crippen molar-refractivity contribution in [2.75, 3.05) is 13.1 Å². The van der Waals surface area contributed by atoms with Crippen LogP contribution >= 0.6 is 12.4 Å². The standard InChI is InChI=1S/C13H15N3O3S.ClH/c17-20(18,16-10-5-7-14-9-10)13-4-2-1-3-11(13)12-6-8-15-19-12;/h1-4,6,8,10,14,16H,5,7,9H2;1H. The van der Waals surface area contributed by atoms with E-state index >= 15 is 0 Å². The van der Waals surface area contributed by atoms with Crippen molar-refractivity contribution in [1.29, 1.82) is 0 Å². The van der Waals surface area contributed by atoms with Gasteiger partial charge < -0.3 is 9.84 Å². The van der Waals surface area contributed by atoms with E-state index in [9.17, 15) is 8.42 Å². The summed E-state index contributed by atoms with van der Waals surface area (Å²) in [6.45, 7) is 1.49. The van der Waals surface area contributed by atoms with Crippen molar-refractivity contribution in [3.63, 3.8) is 0 Å². The van der Waals surface area contributed by atoms with Crippen LogP contribution in [0.15, 0.2) is 45.9 Å². The maximum absolute atomic E-state index is 12.5. The maximum Gasteiger partial charge on any atom is 0.241 e. The summed E-state index contributed by atoms with van der Waals surface area (Å²) in [5, 5.41) is 6.76. The first-order valence-electron chi connectivity index (χ1n) is 6.40. The van der Waals surface area contributed by atoms with E-state index in [1.807, 2.05) is 0 Å². The van der Waals surface area contributed by atoms with Gasteiger partial charge in [-0.25, -0.2) is 13.1 Å². The van der Waals surface area contributed by atoms with E-state index in [0.717, 1.165) is 13.0 Å². The Kier molecular flexibility index (Phi) is 5.00. The van der Waals surface area contributed by atoms with Gasteiger partial charge in [0.25, 0.3) is 0 Å². The average molecular weight is 330 g/mol. The molecule has 8 heteroatoms. The van der Waals surface area contributed by atoms with Crippen LogP contribution in [0.2, 0.25) is 0 Å². The average Bonchev–Trinajstić information content (AvgIpc) is 3.11. The minimum Gasteiger partial charge on any atom is -0.356 e. The molecule has 2 aromatic rings. The van der Waals surface area contributed by atoms with Gasteiger partial charge >= 0.3 is 0 Å². The summed E-state index contributed by atoms with van der Waals surface area (Å²) in [6.07, 6.45) is 2.29. The van der Waals surface area contributed by atoms with Crippen molar-refractivity contribution in [2.24, 2.45) is 0 Å². The molecule has 0 saturated carbocycles. The number of benzene rings is 1. The molecule has 0 amide bonds. The lowest BCUT2D eigenvalue weighted by molar-refractivity contribution is 0.431. The number of hydrogen-bond acceptors (Lipinski definition) is 5. The summed E-state index contributed by atoms with van der Waals surface area (Å²) < 4.78 is 32.8. The zero-order chi connectivity index (χ0) is 14.0. The lowest BCUT2D eigenvalue weighted by Crippen LogP contribution is -2.36. The molecule has 1 aliphatic rings. The molecule has 3 rings (SSSR count). The van der Waals surface area contributed by atoms with Crippen molar-refractivity contribution < 1.29 is 12.9 Å². The summed E-state index contributed by atoms with van der Waals surface area (Å²) in [5.74, 6) is 0.440. The molecule has 1 aromatic heterocycles. The van der Waals surface area contributed by atoms with Gasteiger partial charge in [-0.3, -0.25) is 0 Å². The Morgan fingerprint density at radius 1 is 1.29 bits per heavy atom. The molecule has 0 spiro atoms. The molecular formula is C13H16ClN3O3S. The van der Waals surface area contributed by atoms with Crippen LogP contribution in [0.5, 0.6) is 0 Å². The third kappa shape index (κ3) is 3.44. The van der Waals surface area contributed by atoms with Gasteiger partial charge in [-0.2, -0.15) is 0 Å². The van der Waals surface area contributed by atoms with Gasteiger partial charge in [0.2, 0.25) is 10.0 Å². The molecule has 1 aliphatic heterocycles. The number of halogens is 1. The Morgan fingerprint density at radius 2 is 2.10 bits per heavy atom. The lowest BCUT2D eigenvalue weighted by atomic mass is 10.2. The predicted octanol–water partition coefficient (Wildman–Crippen LogP) is 1.40. The van der Waals surface area contributed by atoms with Gasteiger partial charge in [-0.1, -0.05) is 17.3 Å². The first kappa shape index (κ1) is 16.0. The van der Waals surface area contributed by atoms with Crippen molar-refractivity contribution in [1.82, 2.24) is 15.2 Å². The summed E-state index contributed by atoms with van der Waals surface area (Å²) in [7, 11) is -3.58. The minimum absolute atomic E-state index is 0. The van der Waals surface area contributed by atoms with E-state index in [4.69, 9.17) is 4.52 Å². The van der Waals surface area contributed by atoms with Crippen molar-refractivity contribution in [2.45, 2.75) is 17.4 Å². The number of nitrogens with one attached hydrogen (secondary N) is 2. The first-order chi connectivity index (χ1) is 9.67. The van der Waals surface area contributed by atoms with Gasteiger partial charge in [0.15, 0.2) is 5.76 Å². The largest absolute Gasteiger partial charge is 0.356 e. The first-order valence-corrected chi connectivity index (χ1v) is 7.88. The quantitative estimate of drug-likeness (QED) is 0.886. The second-order valence-electron chi connectivity index (χ2n) is 4.68. The van der Waals surface area contributed by atoms with Crippen LogP contribution < -0.4 is 10.0 Å². The highest BCUT2D eigenvalue weighted by Gasteiger charge is 2.25. The van der Waals surface area contributed by atoms with Gasteiger partial charge in [-0.05, 0) is 25.1 Å². The molecule has 1 fully saturated rings. The van der Waals surface area contributed by atoms with E-state index in [0.29, 0.717) is 17.9 Å². The Labute approximate surface area is 129 Å². The maximum atomic E-state index is 12.5. The molecule has 0 bridgehead atoms. The molecule has 114 valence electrons. The van der Waals surface area contributed by atoms with Crippen LogP contribution in [0.3, 0.4) is 0 Å². The summed E-state index contributed by atoms with van der Waals surface area (Å²) in [4.78, 5) is 0.212. The van der Waals surface area contributed by atoms with Gasteiger partial charge in [-0.15, -0.1) is 12.4 Å². The van der Waals surface area contributed by atoms with Crippen LogP contribution in [0.1, 0.15) is 6.42 Å². The zero-order valence-electron chi connectivity index (χ0n) is 11.2. The molecule has 0 radical (unpaired) electrons. The molecule has 21 heavy (non-hydrogen) atoms. The van der Waals surface area contributed by atoms with Gasteiger partial charge in [0.05, 0.1) is 11.1 Å². The summed E-state index contributed by atoms with van der Waals surface area (Å²) in [6, 6.07) is 8.33. The Hall–Kier alpha value is -1.41. The molecule has 1 unspecified atom stereocenters. The fourth-order valence-electron chi connectivity index (χ4n) is 2.30. The van der Waals surface area contributed by atoms with Gasteiger partial charge in [0.1, 0.15) is 0 Å². The Morgan fingerprint density at radius 3 is 2.76 bits per heavy atom. The number of hydrogen-bond donors (Lipinski definition) is 2. The van der Waals surface area contributed by atoms with E-state index in [-0.39, 0.29) is 23.3 Å². The summed E-state index contributed by atoms with van der Waals surface area (Å²) in [5.41, 5.74) is 0.517. The highest BCUT2D eigenvalue weighted by molar-refractivity contribution is 7.89. The Balaban J connectivity index is 0.00000161. The molecule has 2 heterocycles. The highest BCUT2D eigenvalue weighted by Crippen LogP contribution is 2.27. The zero-order valence-corrected chi connectivity index (χ0v) is 12.8. The minimum atomic E-state index is -3.58. The van der Waals surface area contributed by atoms with E-state index < -0.39 is 10.0 Å². The summed E-state index contributed by atoms with van der Waals surface area (Å²) >= 11 is 0. The normalized spacial score (nSPS) is 18.4. The molecule has 1 aromatic carbocycles. The second-order valence-corrected chi connectivity index (χ2v) is 6.37. The van der Waals surface area contributed by atoms with E-state index in [1.54, 1.807) is 30.3 Å². The molecule has 0 aliphatic carbocycles. The van der Waals surface area contributed by atoms with E-state index in [1.165, 1.54) is 6.20 Å². The fourth-order valence-corrected chi connectivity index (χ4v) is 3.78. The van der Waals surface area contributed by atoms with Gasteiger partial charge in [0, 0.05) is 24.2 Å². The fraction of sp³-hybridized carbons (Fsp3) is 0.308. The van der Waals surface area contributed by atoms with E-state index in [2.05, 4.69) is 15.2 Å². The number of rotatable bonds is 4.